The Kier molecular flexibility index (Phi) is 5.67. The molecule has 0 spiro atoms. The summed E-state index contributed by atoms with van der Waals surface area (Å²) in [5.41, 5.74) is 6.31. The van der Waals surface area contributed by atoms with Gasteiger partial charge in [0.05, 0.1) is 5.52 Å². The third-order valence-electron chi connectivity index (χ3n) is 7.26. The molecule has 40 heavy (non-hydrogen) atoms. The molecule has 0 radical (unpaired) electrons. The number of aromatic nitrogens is 4. The van der Waals surface area contributed by atoms with Gasteiger partial charge in [0.1, 0.15) is 17.2 Å². The minimum atomic E-state index is 0.530. The molecule has 0 unspecified atom stereocenters. The Labute approximate surface area is 231 Å². The SMILES string of the molecule is Cc1cc2c(cc1Oc1cccc(Oc3ccccn3)c1)c1nnc(-c3ccccc3C)n1c1cccc(C)c21. The first-order valence-corrected chi connectivity index (χ1v) is 13.2. The molecule has 3 heterocycles. The molecule has 0 aliphatic rings. The van der Waals surface area contributed by atoms with Crippen LogP contribution in [0.15, 0.2) is 103 Å². The van der Waals surface area contributed by atoms with Crippen molar-refractivity contribution in [3.05, 3.63) is 120 Å². The highest BCUT2D eigenvalue weighted by atomic mass is 16.5. The zero-order chi connectivity index (χ0) is 27.2. The lowest BCUT2D eigenvalue weighted by Gasteiger charge is -2.15. The van der Waals surface area contributed by atoms with Gasteiger partial charge >= 0.3 is 0 Å². The van der Waals surface area contributed by atoms with Gasteiger partial charge in [-0.25, -0.2) is 4.98 Å². The van der Waals surface area contributed by atoms with Crippen molar-refractivity contribution in [1.82, 2.24) is 19.6 Å². The van der Waals surface area contributed by atoms with E-state index in [4.69, 9.17) is 19.7 Å². The summed E-state index contributed by atoms with van der Waals surface area (Å²) in [6, 6.07) is 32.1. The highest BCUT2D eigenvalue weighted by Gasteiger charge is 2.19. The Hall–Kier alpha value is -5.23. The van der Waals surface area contributed by atoms with Gasteiger partial charge in [-0.3, -0.25) is 4.40 Å². The molecule has 7 rings (SSSR count). The number of aryl methyl sites for hydroxylation is 3. The predicted octanol–water partition coefficient (Wildman–Crippen LogP) is 8.61. The van der Waals surface area contributed by atoms with E-state index in [-0.39, 0.29) is 0 Å². The molecular weight excluding hydrogens is 496 g/mol. The molecule has 0 aliphatic heterocycles. The van der Waals surface area contributed by atoms with E-state index in [2.05, 4.69) is 72.6 Å². The highest BCUT2D eigenvalue weighted by molar-refractivity contribution is 6.14. The number of hydrogen-bond acceptors (Lipinski definition) is 5. The van der Waals surface area contributed by atoms with Crippen LogP contribution in [0.25, 0.3) is 38.7 Å². The van der Waals surface area contributed by atoms with Crippen LogP contribution in [-0.4, -0.2) is 19.6 Å². The maximum Gasteiger partial charge on any atom is 0.219 e. The van der Waals surface area contributed by atoms with Crippen LogP contribution in [0.5, 0.6) is 23.1 Å². The lowest BCUT2D eigenvalue weighted by Crippen LogP contribution is -1.98. The van der Waals surface area contributed by atoms with Gasteiger partial charge in [0.25, 0.3) is 0 Å². The summed E-state index contributed by atoms with van der Waals surface area (Å²) in [4.78, 5) is 4.25. The fourth-order valence-corrected chi connectivity index (χ4v) is 5.32. The minimum Gasteiger partial charge on any atom is -0.457 e. The van der Waals surface area contributed by atoms with Gasteiger partial charge in [-0.1, -0.05) is 48.5 Å². The molecule has 6 heteroatoms. The fraction of sp³-hybridized carbons (Fsp3) is 0.0882. The minimum absolute atomic E-state index is 0.530. The standard InChI is InChI=1S/C34H26N4O2/c1-21-10-4-5-14-26(21)33-36-37-34-28-20-30(23(3)18-27(28)32-22(2)11-8-15-29(32)38(33)34)39-24-12-9-13-25(19-24)40-31-16-6-7-17-35-31/h4-20H,1-3H3. The van der Waals surface area contributed by atoms with Crippen LogP contribution >= 0.6 is 0 Å². The monoisotopic (exact) mass is 522 g/mol. The topological polar surface area (TPSA) is 61.5 Å². The number of benzene rings is 4. The summed E-state index contributed by atoms with van der Waals surface area (Å²) in [6.07, 6.45) is 1.70. The molecule has 6 nitrogen and oxygen atoms in total. The second-order valence-corrected chi connectivity index (χ2v) is 9.98. The quantitative estimate of drug-likeness (QED) is 0.212. The van der Waals surface area contributed by atoms with Crippen LogP contribution in [0.2, 0.25) is 0 Å². The number of nitrogens with zero attached hydrogens (tertiary/aromatic N) is 4. The van der Waals surface area contributed by atoms with Crippen molar-refractivity contribution >= 4 is 27.3 Å². The largest absolute Gasteiger partial charge is 0.457 e. The van der Waals surface area contributed by atoms with Crippen molar-refractivity contribution in [2.45, 2.75) is 20.8 Å². The van der Waals surface area contributed by atoms with E-state index in [1.807, 2.05) is 54.6 Å². The normalized spacial score (nSPS) is 11.4. The molecular formula is C34H26N4O2. The van der Waals surface area contributed by atoms with Gasteiger partial charge in [-0.15, -0.1) is 10.2 Å². The Morgan fingerprint density at radius 2 is 1.40 bits per heavy atom. The molecule has 0 aliphatic carbocycles. The van der Waals surface area contributed by atoms with E-state index in [0.717, 1.165) is 50.2 Å². The second-order valence-electron chi connectivity index (χ2n) is 9.98. The van der Waals surface area contributed by atoms with E-state index in [0.29, 0.717) is 17.4 Å². The first kappa shape index (κ1) is 23.9. The first-order chi connectivity index (χ1) is 19.6. The maximum absolute atomic E-state index is 6.44. The summed E-state index contributed by atoms with van der Waals surface area (Å²) >= 11 is 0. The zero-order valence-electron chi connectivity index (χ0n) is 22.4. The molecule has 0 amide bonds. The number of ether oxygens (including phenoxy) is 2. The molecule has 0 atom stereocenters. The van der Waals surface area contributed by atoms with E-state index >= 15 is 0 Å². The maximum atomic E-state index is 6.44. The summed E-state index contributed by atoms with van der Waals surface area (Å²) in [6.45, 7) is 6.32. The third-order valence-corrected chi connectivity index (χ3v) is 7.26. The molecule has 3 aromatic heterocycles. The average Bonchev–Trinajstić information content (AvgIpc) is 3.40. The molecule has 0 N–H and O–H groups in total. The number of fused-ring (bicyclic) bond motifs is 6. The molecule has 4 aromatic carbocycles. The number of rotatable bonds is 5. The van der Waals surface area contributed by atoms with E-state index in [1.165, 1.54) is 10.9 Å². The lowest BCUT2D eigenvalue weighted by molar-refractivity contribution is 0.448. The Balaban J connectivity index is 1.40. The van der Waals surface area contributed by atoms with E-state index in [9.17, 15) is 0 Å². The molecule has 194 valence electrons. The predicted molar refractivity (Wildman–Crippen MR) is 158 cm³/mol. The zero-order valence-corrected chi connectivity index (χ0v) is 22.4. The first-order valence-electron chi connectivity index (χ1n) is 13.2. The molecule has 7 aromatic rings. The highest BCUT2D eigenvalue weighted by Crippen LogP contribution is 2.39. The van der Waals surface area contributed by atoms with Crippen molar-refractivity contribution in [1.29, 1.82) is 0 Å². The number of hydrogen-bond donors (Lipinski definition) is 0. The summed E-state index contributed by atoms with van der Waals surface area (Å²) in [7, 11) is 0. The van der Waals surface area contributed by atoms with Crippen molar-refractivity contribution in [3.63, 3.8) is 0 Å². The summed E-state index contributed by atoms with van der Waals surface area (Å²) < 4.78 is 14.5. The van der Waals surface area contributed by atoms with Crippen LogP contribution in [0.4, 0.5) is 0 Å². The van der Waals surface area contributed by atoms with E-state index in [1.54, 1.807) is 6.20 Å². The Bertz CT molecular complexity index is 2050. The lowest BCUT2D eigenvalue weighted by atomic mass is 9.99. The van der Waals surface area contributed by atoms with Crippen LogP contribution in [0.1, 0.15) is 16.7 Å². The van der Waals surface area contributed by atoms with Gasteiger partial charge in [-0.05, 0) is 79.2 Å². The molecule has 0 bridgehead atoms. The summed E-state index contributed by atoms with van der Waals surface area (Å²) in [5.74, 6) is 3.43. The van der Waals surface area contributed by atoms with Crippen molar-refractivity contribution in [3.8, 4) is 34.5 Å². The number of pyridine rings is 2. The van der Waals surface area contributed by atoms with Crippen LogP contribution in [0.3, 0.4) is 0 Å². The average molecular weight is 523 g/mol. The van der Waals surface area contributed by atoms with Crippen molar-refractivity contribution in [2.75, 3.05) is 0 Å². The van der Waals surface area contributed by atoms with Crippen molar-refractivity contribution in [2.24, 2.45) is 0 Å². The van der Waals surface area contributed by atoms with Gasteiger partial charge in [0.2, 0.25) is 5.88 Å². The van der Waals surface area contributed by atoms with E-state index < -0.39 is 0 Å². The Morgan fingerprint density at radius 3 is 2.23 bits per heavy atom. The van der Waals surface area contributed by atoms with Gasteiger partial charge in [0, 0.05) is 34.7 Å². The third kappa shape index (κ3) is 4.01. The van der Waals surface area contributed by atoms with Crippen molar-refractivity contribution < 1.29 is 9.47 Å². The van der Waals surface area contributed by atoms with Crippen LogP contribution in [0, 0.1) is 20.8 Å². The molecule has 0 saturated heterocycles. The fourth-order valence-electron chi connectivity index (χ4n) is 5.32. The molecule has 0 saturated carbocycles. The van der Waals surface area contributed by atoms with Crippen LogP contribution < -0.4 is 9.47 Å². The molecule has 0 fully saturated rings. The van der Waals surface area contributed by atoms with Gasteiger partial charge in [0.15, 0.2) is 11.5 Å². The second kappa shape index (κ2) is 9.50. The van der Waals surface area contributed by atoms with Gasteiger partial charge < -0.3 is 9.47 Å². The Morgan fingerprint density at radius 1 is 0.625 bits per heavy atom. The van der Waals surface area contributed by atoms with Crippen LogP contribution in [-0.2, 0) is 0 Å². The smallest absolute Gasteiger partial charge is 0.219 e. The summed E-state index contributed by atoms with van der Waals surface area (Å²) in [5, 5.41) is 12.7. The van der Waals surface area contributed by atoms with Gasteiger partial charge in [-0.2, -0.15) is 0 Å².